The van der Waals surface area contributed by atoms with Crippen LogP contribution in [0.15, 0.2) is 56.1 Å². The minimum atomic E-state index is -0.477. The second-order valence-corrected chi connectivity index (χ2v) is 5.60. The molecule has 0 aliphatic heterocycles. The third kappa shape index (κ3) is 2.13. The van der Waals surface area contributed by atoms with E-state index < -0.39 is 5.63 Å². The van der Waals surface area contributed by atoms with Gasteiger partial charge in [-0.2, -0.15) is 0 Å². The van der Waals surface area contributed by atoms with Crippen molar-refractivity contribution in [3.05, 3.63) is 58.4 Å². The Bertz CT molecular complexity index is 1130. The summed E-state index contributed by atoms with van der Waals surface area (Å²) in [7, 11) is 1.57. The first-order valence-corrected chi connectivity index (χ1v) is 7.41. The zero-order valence-corrected chi connectivity index (χ0v) is 13.1. The molecule has 2 heterocycles. The van der Waals surface area contributed by atoms with Gasteiger partial charge in [0, 0.05) is 22.4 Å². The second-order valence-electron chi connectivity index (χ2n) is 5.60. The lowest BCUT2D eigenvalue weighted by molar-refractivity contribution is 0.411. The zero-order chi connectivity index (χ0) is 16.8. The van der Waals surface area contributed by atoms with E-state index >= 15 is 0 Å². The van der Waals surface area contributed by atoms with Gasteiger partial charge in [0.05, 0.1) is 7.11 Å². The molecule has 0 bridgehead atoms. The predicted molar refractivity (Wildman–Crippen MR) is 90.6 cm³/mol. The fraction of sp³-hybridized carbons (Fsp3) is 0.105. The second kappa shape index (κ2) is 5.16. The first-order valence-electron chi connectivity index (χ1n) is 7.41. The van der Waals surface area contributed by atoms with Crippen molar-refractivity contribution in [2.45, 2.75) is 6.92 Å². The van der Waals surface area contributed by atoms with Crippen molar-refractivity contribution < 1.29 is 18.7 Å². The first-order chi connectivity index (χ1) is 11.6. The number of fused-ring (bicyclic) bond motifs is 2. The highest BCUT2D eigenvalue weighted by molar-refractivity contribution is 5.96. The Kier molecular flexibility index (Phi) is 3.09. The highest BCUT2D eigenvalue weighted by Crippen LogP contribution is 2.37. The standard InChI is InChI=1S/C19H14O5/c1-10-6-16-12(8-14(10)20)13(9-18(21)23-16)17-7-11-4-3-5-15(22-2)19(11)24-17/h3-9,20H,1-2H3. The number of aromatic hydroxyl groups is 1. The number of hydrogen-bond acceptors (Lipinski definition) is 5. The molecule has 120 valence electrons. The number of methoxy groups -OCH3 is 1. The van der Waals surface area contributed by atoms with Crippen molar-refractivity contribution in [3.8, 4) is 22.8 Å². The summed E-state index contributed by atoms with van der Waals surface area (Å²) >= 11 is 0. The molecule has 4 rings (SSSR count). The normalized spacial score (nSPS) is 11.2. The summed E-state index contributed by atoms with van der Waals surface area (Å²) in [6.07, 6.45) is 0. The molecule has 0 amide bonds. The third-order valence-corrected chi connectivity index (χ3v) is 4.05. The van der Waals surface area contributed by atoms with E-state index in [1.165, 1.54) is 6.07 Å². The maximum Gasteiger partial charge on any atom is 0.336 e. The van der Waals surface area contributed by atoms with E-state index in [0.29, 0.717) is 39.2 Å². The lowest BCUT2D eigenvalue weighted by Crippen LogP contribution is -1.98. The minimum absolute atomic E-state index is 0.131. The maximum atomic E-state index is 11.9. The van der Waals surface area contributed by atoms with Gasteiger partial charge < -0.3 is 18.7 Å². The van der Waals surface area contributed by atoms with Crippen molar-refractivity contribution >= 4 is 21.9 Å². The van der Waals surface area contributed by atoms with Crippen LogP contribution >= 0.6 is 0 Å². The Morgan fingerprint density at radius 1 is 1.08 bits per heavy atom. The maximum absolute atomic E-state index is 11.9. The number of hydrogen-bond donors (Lipinski definition) is 1. The Morgan fingerprint density at radius 3 is 2.71 bits per heavy atom. The van der Waals surface area contributed by atoms with Gasteiger partial charge in [-0.05, 0) is 36.8 Å². The van der Waals surface area contributed by atoms with Gasteiger partial charge in [0.25, 0.3) is 0 Å². The van der Waals surface area contributed by atoms with Crippen molar-refractivity contribution in [3.63, 3.8) is 0 Å². The van der Waals surface area contributed by atoms with Crippen molar-refractivity contribution in [2.24, 2.45) is 0 Å². The van der Waals surface area contributed by atoms with Crippen LogP contribution in [-0.2, 0) is 0 Å². The fourth-order valence-corrected chi connectivity index (χ4v) is 2.83. The Labute approximate surface area is 136 Å². The molecule has 0 saturated heterocycles. The molecule has 0 unspecified atom stereocenters. The number of rotatable bonds is 2. The lowest BCUT2D eigenvalue weighted by atomic mass is 10.1. The number of ether oxygens (including phenoxy) is 1. The highest BCUT2D eigenvalue weighted by atomic mass is 16.5. The van der Waals surface area contributed by atoms with Crippen LogP contribution in [-0.4, -0.2) is 12.2 Å². The predicted octanol–water partition coefficient (Wildman–Crippen LogP) is 4.23. The number of para-hydroxylation sites is 1. The molecule has 5 heteroatoms. The van der Waals surface area contributed by atoms with Crippen molar-refractivity contribution in [2.75, 3.05) is 7.11 Å². The molecule has 0 fully saturated rings. The van der Waals surface area contributed by atoms with Crippen LogP contribution < -0.4 is 10.4 Å². The molecular weight excluding hydrogens is 308 g/mol. The van der Waals surface area contributed by atoms with E-state index in [0.717, 1.165) is 5.39 Å². The number of furan rings is 1. The van der Waals surface area contributed by atoms with E-state index in [1.54, 1.807) is 26.2 Å². The fourth-order valence-electron chi connectivity index (χ4n) is 2.83. The van der Waals surface area contributed by atoms with Gasteiger partial charge in [-0.1, -0.05) is 12.1 Å². The van der Waals surface area contributed by atoms with E-state index in [2.05, 4.69) is 0 Å². The molecular formula is C19H14O5. The third-order valence-electron chi connectivity index (χ3n) is 4.05. The molecule has 1 N–H and O–H groups in total. The summed E-state index contributed by atoms with van der Waals surface area (Å²) in [4.78, 5) is 11.9. The Morgan fingerprint density at radius 2 is 1.92 bits per heavy atom. The monoisotopic (exact) mass is 322 g/mol. The molecule has 5 nitrogen and oxygen atoms in total. The van der Waals surface area contributed by atoms with E-state index in [-0.39, 0.29) is 5.75 Å². The molecule has 0 spiro atoms. The largest absolute Gasteiger partial charge is 0.508 e. The molecule has 0 saturated carbocycles. The van der Waals surface area contributed by atoms with E-state index in [9.17, 15) is 9.90 Å². The van der Waals surface area contributed by atoms with Crippen LogP contribution in [0.2, 0.25) is 0 Å². The summed E-state index contributed by atoms with van der Waals surface area (Å²) in [5.41, 5.74) is 1.73. The van der Waals surface area contributed by atoms with Gasteiger partial charge in [0.15, 0.2) is 11.3 Å². The molecule has 4 aromatic rings. The summed E-state index contributed by atoms with van der Waals surface area (Å²) in [5.74, 6) is 1.26. The van der Waals surface area contributed by atoms with Gasteiger partial charge in [0.2, 0.25) is 0 Å². The molecule has 0 aliphatic carbocycles. The zero-order valence-electron chi connectivity index (χ0n) is 13.1. The van der Waals surface area contributed by atoms with Crippen LogP contribution in [0.25, 0.3) is 33.3 Å². The molecule has 0 atom stereocenters. The average molecular weight is 322 g/mol. The summed E-state index contributed by atoms with van der Waals surface area (Å²) in [5, 5.41) is 11.5. The minimum Gasteiger partial charge on any atom is -0.508 e. The molecule has 2 aromatic heterocycles. The number of aryl methyl sites for hydroxylation is 1. The summed E-state index contributed by atoms with van der Waals surface area (Å²) in [6, 6.07) is 12.0. The first kappa shape index (κ1) is 14.4. The SMILES string of the molecule is COc1cccc2cc(-c3cc(=O)oc4cc(C)c(O)cc34)oc12. The quantitative estimate of drug-likeness (QED) is 0.559. The molecule has 2 aromatic carbocycles. The Hall–Kier alpha value is -3.21. The number of phenolic OH excluding ortho intramolecular Hbond substituents is 1. The van der Waals surface area contributed by atoms with Gasteiger partial charge in [0.1, 0.15) is 17.1 Å². The smallest absolute Gasteiger partial charge is 0.336 e. The average Bonchev–Trinajstić information content (AvgIpc) is 2.99. The van der Waals surface area contributed by atoms with Crippen molar-refractivity contribution in [1.29, 1.82) is 0 Å². The van der Waals surface area contributed by atoms with Crippen LogP contribution in [0.1, 0.15) is 5.56 Å². The number of benzene rings is 2. The Balaban J connectivity index is 2.06. The summed E-state index contributed by atoms with van der Waals surface area (Å²) in [6.45, 7) is 1.74. The van der Waals surface area contributed by atoms with Crippen LogP contribution in [0.4, 0.5) is 0 Å². The van der Waals surface area contributed by atoms with E-state index in [4.69, 9.17) is 13.6 Å². The van der Waals surface area contributed by atoms with Gasteiger partial charge in [-0.3, -0.25) is 0 Å². The topological polar surface area (TPSA) is 72.8 Å². The molecule has 0 aliphatic rings. The number of phenols is 1. The molecule has 0 radical (unpaired) electrons. The van der Waals surface area contributed by atoms with E-state index in [1.807, 2.05) is 24.3 Å². The molecule has 24 heavy (non-hydrogen) atoms. The lowest BCUT2D eigenvalue weighted by Gasteiger charge is -2.05. The van der Waals surface area contributed by atoms with Crippen molar-refractivity contribution in [1.82, 2.24) is 0 Å². The van der Waals surface area contributed by atoms with Crippen LogP contribution in [0, 0.1) is 6.92 Å². The van der Waals surface area contributed by atoms with Gasteiger partial charge in [-0.15, -0.1) is 0 Å². The summed E-state index contributed by atoms with van der Waals surface area (Å²) < 4.78 is 16.5. The van der Waals surface area contributed by atoms with Crippen LogP contribution in [0.5, 0.6) is 11.5 Å². The van der Waals surface area contributed by atoms with Gasteiger partial charge in [-0.25, -0.2) is 4.79 Å². The van der Waals surface area contributed by atoms with Gasteiger partial charge >= 0.3 is 5.63 Å². The highest BCUT2D eigenvalue weighted by Gasteiger charge is 2.15. The van der Waals surface area contributed by atoms with Crippen LogP contribution in [0.3, 0.4) is 0 Å².